The lowest BCUT2D eigenvalue weighted by Gasteiger charge is -2.33. The van der Waals surface area contributed by atoms with E-state index >= 15 is 0 Å². The average molecular weight is 579 g/mol. The second kappa shape index (κ2) is 11.6. The molecule has 0 radical (unpaired) electrons. The average Bonchev–Trinajstić information content (AvgIpc) is 3.32. The number of likely N-dealkylation sites (N-methyl/N-ethyl adjacent to an activating group) is 1. The SMILES string of the molecule is CCN1C(=O)N[C@@H](c2ccccc2C(F)(F)F)C2=C1CN([C@@H](Cc1ccccc1)C(=O)Nc1ccc(OC)cc1)C2=O. The molecule has 42 heavy (non-hydrogen) atoms. The van der Waals surface area contributed by atoms with Crippen LogP contribution in [0.2, 0.25) is 0 Å². The van der Waals surface area contributed by atoms with E-state index in [4.69, 9.17) is 4.74 Å². The number of hydrogen-bond donors (Lipinski definition) is 2. The van der Waals surface area contributed by atoms with Gasteiger partial charge in [0.2, 0.25) is 5.91 Å². The Morgan fingerprint density at radius 2 is 1.69 bits per heavy atom. The molecule has 0 bridgehead atoms. The Hall–Kier alpha value is -4.80. The number of amides is 4. The Labute approximate surface area is 240 Å². The fourth-order valence-electron chi connectivity index (χ4n) is 5.42. The van der Waals surface area contributed by atoms with Crippen molar-refractivity contribution >= 4 is 23.5 Å². The smallest absolute Gasteiger partial charge is 0.416 e. The van der Waals surface area contributed by atoms with E-state index in [2.05, 4.69) is 10.6 Å². The van der Waals surface area contributed by atoms with Crippen LogP contribution in [0.5, 0.6) is 5.75 Å². The van der Waals surface area contributed by atoms with Crippen molar-refractivity contribution in [2.75, 3.05) is 25.5 Å². The summed E-state index contributed by atoms with van der Waals surface area (Å²) in [7, 11) is 1.52. The quantitative estimate of drug-likeness (QED) is 0.387. The third kappa shape index (κ3) is 5.54. The molecule has 2 aliphatic heterocycles. The zero-order valence-electron chi connectivity index (χ0n) is 22.9. The molecule has 3 aromatic rings. The van der Waals surface area contributed by atoms with E-state index in [9.17, 15) is 27.6 Å². The van der Waals surface area contributed by atoms with Gasteiger partial charge in [-0.3, -0.25) is 14.5 Å². The van der Waals surface area contributed by atoms with Crippen molar-refractivity contribution in [1.82, 2.24) is 15.1 Å². The molecular weight excluding hydrogens is 549 g/mol. The van der Waals surface area contributed by atoms with Crippen LogP contribution in [0.3, 0.4) is 0 Å². The molecule has 2 N–H and O–H groups in total. The molecule has 4 amide bonds. The van der Waals surface area contributed by atoms with Crippen LogP contribution in [0.4, 0.5) is 23.7 Å². The summed E-state index contributed by atoms with van der Waals surface area (Å²) in [5, 5.41) is 5.45. The number of carbonyl (C=O) groups is 3. The fraction of sp³-hybridized carbons (Fsp3) is 0.258. The van der Waals surface area contributed by atoms with Crippen LogP contribution in [0.15, 0.2) is 90.1 Å². The number of alkyl halides is 3. The van der Waals surface area contributed by atoms with Gasteiger partial charge in [0.15, 0.2) is 0 Å². The van der Waals surface area contributed by atoms with Crippen LogP contribution in [0.1, 0.15) is 29.7 Å². The number of ether oxygens (including phenoxy) is 1. The molecule has 5 rings (SSSR count). The Morgan fingerprint density at radius 3 is 2.33 bits per heavy atom. The van der Waals surface area contributed by atoms with Crippen LogP contribution < -0.4 is 15.4 Å². The van der Waals surface area contributed by atoms with Crippen LogP contribution in [-0.2, 0) is 22.2 Å². The summed E-state index contributed by atoms with van der Waals surface area (Å²) < 4.78 is 47.2. The summed E-state index contributed by atoms with van der Waals surface area (Å²) in [5.74, 6) is -0.495. The summed E-state index contributed by atoms with van der Waals surface area (Å²) >= 11 is 0. The molecule has 2 atom stereocenters. The number of hydrogen-bond acceptors (Lipinski definition) is 4. The molecule has 0 aromatic heterocycles. The first kappa shape index (κ1) is 28.7. The lowest BCUT2D eigenvalue weighted by atomic mass is 9.91. The van der Waals surface area contributed by atoms with E-state index in [1.54, 1.807) is 31.2 Å². The van der Waals surface area contributed by atoms with Gasteiger partial charge in [0.1, 0.15) is 11.8 Å². The highest BCUT2D eigenvalue weighted by Crippen LogP contribution is 2.42. The number of benzene rings is 3. The topological polar surface area (TPSA) is 91.0 Å². The summed E-state index contributed by atoms with van der Waals surface area (Å²) in [5.41, 5.74) is 0.375. The van der Waals surface area contributed by atoms with E-state index in [1.807, 2.05) is 30.3 Å². The van der Waals surface area contributed by atoms with Crippen LogP contribution in [0.25, 0.3) is 0 Å². The maximum absolute atomic E-state index is 14.1. The van der Waals surface area contributed by atoms with Gasteiger partial charge in [-0.25, -0.2) is 4.79 Å². The Morgan fingerprint density at radius 1 is 1.02 bits per heavy atom. The minimum absolute atomic E-state index is 0.0171. The van der Waals surface area contributed by atoms with Gasteiger partial charge >= 0.3 is 12.2 Å². The molecule has 0 saturated carbocycles. The number of rotatable bonds is 8. The summed E-state index contributed by atoms with van der Waals surface area (Å²) in [6, 6.07) is 17.7. The highest BCUT2D eigenvalue weighted by Gasteiger charge is 2.48. The lowest BCUT2D eigenvalue weighted by Crippen LogP contribution is -2.47. The molecule has 11 heteroatoms. The first-order valence-electron chi connectivity index (χ1n) is 13.4. The third-order valence-corrected chi connectivity index (χ3v) is 7.45. The minimum Gasteiger partial charge on any atom is -0.497 e. The van der Waals surface area contributed by atoms with Crippen molar-refractivity contribution in [3.8, 4) is 5.75 Å². The van der Waals surface area contributed by atoms with Crippen molar-refractivity contribution in [2.45, 2.75) is 31.6 Å². The van der Waals surface area contributed by atoms with Crippen LogP contribution in [0, 0.1) is 0 Å². The predicted molar refractivity (Wildman–Crippen MR) is 149 cm³/mol. The number of nitrogens with one attached hydrogen (secondary N) is 2. The Bertz CT molecular complexity index is 1520. The molecule has 2 aliphatic rings. The normalized spacial score (nSPS) is 17.6. The fourth-order valence-corrected chi connectivity index (χ4v) is 5.42. The Kier molecular flexibility index (Phi) is 7.93. The van der Waals surface area contributed by atoms with Crippen LogP contribution in [-0.4, -0.2) is 53.9 Å². The maximum atomic E-state index is 14.1. The summed E-state index contributed by atoms with van der Waals surface area (Å²) in [6.07, 6.45) is -4.56. The molecule has 0 aliphatic carbocycles. The number of anilines is 1. The zero-order chi connectivity index (χ0) is 30.0. The van der Waals surface area contributed by atoms with E-state index in [0.717, 1.165) is 11.6 Å². The maximum Gasteiger partial charge on any atom is 0.416 e. The van der Waals surface area contributed by atoms with E-state index < -0.39 is 41.7 Å². The highest BCUT2D eigenvalue weighted by atomic mass is 19.4. The van der Waals surface area contributed by atoms with E-state index in [-0.39, 0.29) is 36.3 Å². The third-order valence-electron chi connectivity index (χ3n) is 7.45. The Balaban J connectivity index is 1.54. The lowest BCUT2D eigenvalue weighted by molar-refractivity contribution is -0.138. The molecule has 8 nitrogen and oxygen atoms in total. The van der Waals surface area contributed by atoms with Gasteiger partial charge in [0.25, 0.3) is 5.91 Å². The van der Waals surface area contributed by atoms with Gasteiger partial charge in [-0.15, -0.1) is 0 Å². The number of methoxy groups -OCH3 is 1. The summed E-state index contributed by atoms with van der Waals surface area (Å²) in [6.45, 7) is 1.77. The molecule has 218 valence electrons. The van der Waals surface area contributed by atoms with Crippen molar-refractivity contribution < 1.29 is 32.3 Å². The number of urea groups is 1. The second-order valence-corrected chi connectivity index (χ2v) is 9.93. The number of carbonyl (C=O) groups excluding carboxylic acids is 3. The van der Waals surface area contributed by atoms with Crippen molar-refractivity contribution in [2.24, 2.45) is 0 Å². The molecule has 0 spiro atoms. The van der Waals surface area contributed by atoms with Crippen LogP contribution >= 0.6 is 0 Å². The van der Waals surface area contributed by atoms with Gasteiger partial charge in [0.05, 0.1) is 36.5 Å². The minimum atomic E-state index is -4.71. The van der Waals surface area contributed by atoms with Gasteiger partial charge < -0.3 is 20.3 Å². The van der Waals surface area contributed by atoms with E-state index in [0.29, 0.717) is 11.4 Å². The second-order valence-electron chi connectivity index (χ2n) is 9.93. The zero-order valence-corrected chi connectivity index (χ0v) is 22.9. The van der Waals surface area contributed by atoms with Gasteiger partial charge in [-0.1, -0.05) is 48.5 Å². The van der Waals surface area contributed by atoms with Gasteiger partial charge in [-0.05, 0) is 48.4 Å². The number of halogens is 3. The predicted octanol–water partition coefficient (Wildman–Crippen LogP) is 5.15. The number of nitrogens with zero attached hydrogens (tertiary/aromatic N) is 2. The largest absolute Gasteiger partial charge is 0.497 e. The molecular formula is C31H29F3N4O4. The first-order valence-corrected chi connectivity index (χ1v) is 13.4. The van der Waals surface area contributed by atoms with Crippen molar-refractivity contribution in [3.63, 3.8) is 0 Å². The highest BCUT2D eigenvalue weighted by molar-refractivity contribution is 6.05. The van der Waals surface area contributed by atoms with Crippen molar-refractivity contribution in [1.29, 1.82) is 0 Å². The standard InChI is InChI=1S/C31H29F3N4O4/c1-3-37-25-18-38(29(40)26(25)27(36-30(37)41)22-11-7-8-12-23(22)31(32,33)34)24(17-19-9-5-4-6-10-19)28(39)35-20-13-15-21(42-2)16-14-20/h4-16,24,27H,3,17-18H2,1-2H3,(H,35,39)(H,36,41)/t24-,27-/m0/s1. The first-order chi connectivity index (χ1) is 20.1. The molecule has 0 fully saturated rings. The monoisotopic (exact) mass is 578 g/mol. The van der Waals surface area contributed by atoms with Crippen molar-refractivity contribution in [3.05, 3.63) is 107 Å². The van der Waals surface area contributed by atoms with Gasteiger partial charge in [0, 0.05) is 18.7 Å². The molecule has 2 heterocycles. The summed E-state index contributed by atoms with van der Waals surface area (Å²) in [4.78, 5) is 43.7. The molecule has 0 saturated heterocycles. The van der Waals surface area contributed by atoms with E-state index in [1.165, 1.54) is 35.1 Å². The molecule has 0 unspecified atom stereocenters. The molecule has 3 aromatic carbocycles. The van der Waals surface area contributed by atoms with Gasteiger partial charge in [-0.2, -0.15) is 13.2 Å².